The maximum absolute atomic E-state index is 13.7. The summed E-state index contributed by atoms with van der Waals surface area (Å²) in [4.78, 5) is 40.7. The summed E-state index contributed by atoms with van der Waals surface area (Å²) in [5.41, 5.74) is 0.179. The van der Waals surface area contributed by atoms with Gasteiger partial charge in [-0.1, -0.05) is 0 Å². The van der Waals surface area contributed by atoms with E-state index in [0.717, 1.165) is 12.1 Å². The number of methoxy groups -OCH3 is 2. The van der Waals surface area contributed by atoms with Gasteiger partial charge in [-0.3, -0.25) is 14.4 Å². The van der Waals surface area contributed by atoms with Crippen LogP contribution in [0.2, 0.25) is 0 Å². The van der Waals surface area contributed by atoms with E-state index >= 15 is 0 Å². The summed E-state index contributed by atoms with van der Waals surface area (Å²) in [7, 11) is 3.02. The molecule has 0 radical (unpaired) electrons. The minimum absolute atomic E-state index is 0.0867. The van der Waals surface area contributed by atoms with Crippen molar-refractivity contribution < 1.29 is 32.6 Å². The fourth-order valence-electron chi connectivity index (χ4n) is 3.67. The number of nitrogens with one attached hydrogen (secondary N) is 1. The largest absolute Gasteiger partial charge is 0.497 e. The molecule has 2 aromatic rings. The Kier molecular flexibility index (Phi) is 8.39. The van der Waals surface area contributed by atoms with Crippen molar-refractivity contribution in [2.24, 2.45) is 0 Å². The maximum Gasteiger partial charge on any atom is 0.257 e. The number of rotatable bonds is 8. The van der Waals surface area contributed by atoms with Crippen molar-refractivity contribution >= 4 is 17.7 Å². The van der Waals surface area contributed by atoms with Gasteiger partial charge in [0.05, 0.1) is 25.3 Å². The van der Waals surface area contributed by atoms with Crippen LogP contribution in [-0.2, 0) is 4.79 Å². The number of nitrogens with zero attached hydrogens (tertiary/aromatic N) is 2. The van der Waals surface area contributed by atoms with E-state index < -0.39 is 17.5 Å². The zero-order valence-corrected chi connectivity index (χ0v) is 19.1. The van der Waals surface area contributed by atoms with E-state index in [1.54, 1.807) is 28.0 Å². The minimum atomic E-state index is -0.937. The minimum Gasteiger partial charge on any atom is -0.497 e. The first-order valence-electron chi connectivity index (χ1n) is 10.9. The van der Waals surface area contributed by atoms with Gasteiger partial charge >= 0.3 is 0 Å². The van der Waals surface area contributed by atoms with Gasteiger partial charge in [0.2, 0.25) is 5.91 Å². The SMILES string of the molecule is COc1ccc(C(=O)N2CCN(C(=O)CCCNC(=O)c3ccc(F)cc3F)CC2)c(OC)c1. The first-order valence-corrected chi connectivity index (χ1v) is 10.9. The van der Waals surface area contributed by atoms with Crippen LogP contribution in [0.25, 0.3) is 0 Å². The van der Waals surface area contributed by atoms with Crippen LogP contribution in [0.4, 0.5) is 8.78 Å². The lowest BCUT2D eigenvalue weighted by Gasteiger charge is -2.35. The lowest BCUT2D eigenvalue weighted by molar-refractivity contribution is -0.132. The van der Waals surface area contributed by atoms with Gasteiger partial charge in [0.25, 0.3) is 11.8 Å². The van der Waals surface area contributed by atoms with E-state index in [1.165, 1.54) is 14.2 Å². The Morgan fingerprint density at radius 2 is 1.59 bits per heavy atom. The second kappa shape index (κ2) is 11.4. The molecule has 2 aromatic carbocycles. The van der Waals surface area contributed by atoms with E-state index in [9.17, 15) is 23.2 Å². The molecule has 3 amide bonds. The highest BCUT2D eigenvalue weighted by Gasteiger charge is 2.26. The molecule has 0 unspecified atom stereocenters. The molecule has 1 aliphatic rings. The summed E-state index contributed by atoms with van der Waals surface area (Å²) in [5.74, 6) is -1.62. The Morgan fingerprint density at radius 3 is 2.24 bits per heavy atom. The molecule has 8 nitrogen and oxygen atoms in total. The summed E-state index contributed by atoms with van der Waals surface area (Å²) in [6, 6.07) is 7.73. The van der Waals surface area contributed by atoms with Crippen molar-refractivity contribution in [1.29, 1.82) is 0 Å². The lowest BCUT2D eigenvalue weighted by Crippen LogP contribution is -2.50. The molecule has 1 fully saturated rings. The molecule has 0 saturated carbocycles. The van der Waals surface area contributed by atoms with Gasteiger partial charge < -0.3 is 24.6 Å². The fraction of sp³-hybridized carbons (Fsp3) is 0.375. The van der Waals surface area contributed by atoms with Crippen molar-refractivity contribution in [3.05, 3.63) is 59.2 Å². The summed E-state index contributed by atoms with van der Waals surface area (Å²) in [6.07, 6.45) is 0.571. The number of carbonyl (C=O) groups is 3. The highest BCUT2D eigenvalue weighted by Crippen LogP contribution is 2.26. The predicted molar refractivity (Wildman–Crippen MR) is 120 cm³/mol. The van der Waals surface area contributed by atoms with Crippen LogP contribution in [0.5, 0.6) is 11.5 Å². The average Bonchev–Trinajstić information content (AvgIpc) is 2.85. The van der Waals surface area contributed by atoms with Crippen LogP contribution in [0.15, 0.2) is 36.4 Å². The Labute approximate surface area is 196 Å². The molecule has 0 atom stereocenters. The van der Waals surface area contributed by atoms with Crippen LogP contribution in [-0.4, -0.2) is 74.5 Å². The summed E-state index contributed by atoms with van der Waals surface area (Å²) in [6.45, 7) is 1.75. The molecule has 1 saturated heterocycles. The van der Waals surface area contributed by atoms with Gasteiger partial charge in [-0.05, 0) is 30.7 Å². The second-order valence-electron chi connectivity index (χ2n) is 7.72. The predicted octanol–water partition coefficient (Wildman–Crippen LogP) is 2.48. The number of carbonyl (C=O) groups excluding carboxylic acids is 3. The summed E-state index contributed by atoms with van der Waals surface area (Å²) >= 11 is 0. The molecule has 1 N–H and O–H groups in total. The van der Waals surface area contributed by atoms with Crippen molar-refractivity contribution in [2.75, 3.05) is 46.9 Å². The van der Waals surface area contributed by atoms with E-state index in [1.807, 2.05) is 0 Å². The molecular formula is C24H27F2N3O5. The number of ether oxygens (including phenoxy) is 2. The molecule has 0 spiro atoms. The normalized spacial score (nSPS) is 13.4. The topological polar surface area (TPSA) is 88.2 Å². The molecule has 3 rings (SSSR count). The van der Waals surface area contributed by atoms with Gasteiger partial charge in [0.15, 0.2) is 0 Å². The van der Waals surface area contributed by atoms with E-state index in [0.29, 0.717) is 55.7 Å². The van der Waals surface area contributed by atoms with Crippen LogP contribution >= 0.6 is 0 Å². The van der Waals surface area contributed by atoms with Gasteiger partial charge in [-0.2, -0.15) is 0 Å². The highest BCUT2D eigenvalue weighted by atomic mass is 19.1. The summed E-state index contributed by atoms with van der Waals surface area (Å²) in [5, 5.41) is 2.53. The molecular weight excluding hydrogens is 448 g/mol. The molecule has 10 heteroatoms. The Balaban J connectivity index is 1.43. The molecule has 1 aliphatic heterocycles. The zero-order valence-electron chi connectivity index (χ0n) is 19.1. The molecule has 0 aromatic heterocycles. The Hall–Kier alpha value is -3.69. The lowest BCUT2D eigenvalue weighted by atomic mass is 10.1. The van der Waals surface area contributed by atoms with Gasteiger partial charge in [0.1, 0.15) is 23.1 Å². The molecule has 0 bridgehead atoms. The zero-order chi connectivity index (χ0) is 24.7. The Morgan fingerprint density at radius 1 is 0.912 bits per heavy atom. The number of amides is 3. The standard InChI is InChI=1S/C24H27F2N3O5/c1-33-17-6-8-19(21(15-17)34-2)24(32)29-12-10-28(11-13-29)22(30)4-3-9-27-23(31)18-7-5-16(25)14-20(18)26/h5-8,14-15H,3-4,9-13H2,1-2H3,(H,27,31). The number of hydrogen-bond acceptors (Lipinski definition) is 5. The van der Waals surface area contributed by atoms with Crippen molar-refractivity contribution in [3.8, 4) is 11.5 Å². The third kappa shape index (κ3) is 6.00. The number of benzene rings is 2. The highest BCUT2D eigenvalue weighted by molar-refractivity contribution is 5.97. The van der Waals surface area contributed by atoms with E-state index in [2.05, 4.69) is 5.32 Å². The van der Waals surface area contributed by atoms with E-state index in [-0.39, 0.29) is 30.3 Å². The smallest absolute Gasteiger partial charge is 0.257 e. The quantitative estimate of drug-likeness (QED) is 0.593. The van der Waals surface area contributed by atoms with Gasteiger partial charge in [-0.15, -0.1) is 0 Å². The van der Waals surface area contributed by atoms with Crippen LogP contribution in [0.1, 0.15) is 33.6 Å². The Bertz CT molecular complexity index is 1050. The third-order valence-corrected chi connectivity index (χ3v) is 5.59. The van der Waals surface area contributed by atoms with Gasteiger partial charge in [-0.25, -0.2) is 8.78 Å². The molecule has 34 heavy (non-hydrogen) atoms. The molecule has 182 valence electrons. The second-order valence-corrected chi connectivity index (χ2v) is 7.72. The summed E-state index contributed by atoms with van der Waals surface area (Å²) < 4.78 is 37.1. The first kappa shape index (κ1) is 24.9. The van der Waals surface area contributed by atoms with E-state index in [4.69, 9.17) is 9.47 Å². The van der Waals surface area contributed by atoms with Crippen LogP contribution in [0.3, 0.4) is 0 Å². The van der Waals surface area contributed by atoms with Crippen molar-refractivity contribution in [1.82, 2.24) is 15.1 Å². The van der Waals surface area contributed by atoms with Crippen molar-refractivity contribution in [3.63, 3.8) is 0 Å². The first-order chi connectivity index (χ1) is 16.3. The maximum atomic E-state index is 13.7. The number of piperazine rings is 1. The fourth-order valence-corrected chi connectivity index (χ4v) is 3.67. The number of halogens is 2. The third-order valence-electron chi connectivity index (χ3n) is 5.59. The molecule has 1 heterocycles. The van der Waals surface area contributed by atoms with Crippen LogP contribution in [0, 0.1) is 11.6 Å². The van der Waals surface area contributed by atoms with Gasteiger partial charge in [0, 0.05) is 51.3 Å². The average molecular weight is 475 g/mol. The van der Waals surface area contributed by atoms with Crippen LogP contribution < -0.4 is 14.8 Å². The van der Waals surface area contributed by atoms with Crippen molar-refractivity contribution in [2.45, 2.75) is 12.8 Å². The monoisotopic (exact) mass is 475 g/mol. The molecule has 0 aliphatic carbocycles. The number of hydrogen-bond donors (Lipinski definition) is 1.